The minimum Gasteiger partial charge on any atom is -0.361 e. The molecule has 0 spiro atoms. The van der Waals surface area contributed by atoms with E-state index in [4.69, 9.17) is 9.98 Å². The topological polar surface area (TPSA) is 52.5 Å². The second-order valence-corrected chi connectivity index (χ2v) is 12.3. The zero-order valence-electron chi connectivity index (χ0n) is 26.7. The molecule has 4 nitrogen and oxygen atoms in total. The molecule has 0 saturated heterocycles. The Morgan fingerprint density at radius 3 is 1.65 bits per heavy atom. The van der Waals surface area contributed by atoms with E-state index in [1.807, 2.05) is 42.6 Å². The Balaban J connectivity index is 1.05. The van der Waals surface area contributed by atoms with Crippen molar-refractivity contribution in [2.45, 2.75) is 6.17 Å². The van der Waals surface area contributed by atoms with Crippen LogP contribution >= 0.6 is 0 Å². The highest BCUT2D eigenvalue weighted by Gasteiger charge is 2.21. The van der Waals surface area contributed by atoms with Crippen LogP contribution in [0, 0.1) is 0 Å². The van der Waals surface area contributed by atoms with Gasteiger partial charge in [-0.3, -0.25) is 0 Å². The van der Waals surface area contributed by atoms with Crippen molar-refractivity contribution in [3.63, 3.8) is 0 Å². The number of nitrogens with one attached hydrogen (secondary N) is 2. The summed E-state index contributed by atoms with van der Waals surface area (Å²) in [4.78, 5) is 13.4. The van der Waals surface area contributed by atoms with Crippen LogP contribution in [-0.4, -0.2) is 16.7 Å². The highest BCUT2D eigenvalue weighted by molar-refractivity contribution is 6.13. The minimum absolute atomic E-state index is 0.226. The van der Waals surface area contributed by atoms with Crippen molar-refractivity contribution in [1.29, 1.82) is 0 Å². The van der Waals surface area contributed by atoms with Gasteiger partial charge >= 0.3 is 0 Å². The van der Waals surface area contributed by atoms with Gasteiger partial charge in [0.1, 0.15) is 12.0 Å². The van der Waals surface area contributed by atoms with Gasteiger partial charge in [-0.2, -0.15) is 0 Å². The lowest BCUT2D eigenvalue weighted by atomic mass is 9.91. The summed E-state index contributed by atoms with van der Waals surface area (Å²) in [6.07, 6.45) is 1.78. The summed E-state index contributed by atoms with van der Waals surface area (Å²) in [6, 6.07) is 59.9. The summed E-state index contributed by atoms with van der Waals surface area (Å²) >= 11 is 0. The molecule has 49 heavy (non-hydrogen) atoms. The van der Waals surface area contributed by atoms with E-state index in [2.05, 4.69) is 144 Å². The van der Waals surface area contributed by atoms with Gasteiger partial charge in [0.25, 0.3) is 0 Å². The molecule has 0 fully saturated rings. The molecule has 8 aromatic rings. The first kappa shape index (κ1) is 28.7. The Kier molecular flexibility index (Phi) is 7.17. The van der Waals surface area contributed by atoms with Crippen molar-refractivity contribution < 1.29 is 0 Å². The molecule has 0 radical (unpaired) electrons. The summed E-state index contributed by atoms with van der Waals surface area (Å²) in [6.45, 7) is 0. The van der Waals surface area contributed by atoms with Crippen LogP contribution in [0.2, 0.25) is 0 Å². The third-order valence-corrected chi connectivity index (χ3v) is 9.38. The molecule has 1 atom stereocenters. The van der Waals surface area contributed by atoms with Crippen LogP contribution < -0.4 is 5.32 Å². The molecule has 1 aliphatic heterocycles. The smallest absolute Gasteiger partial charge is 0.159 e. The zero-order valence-corrected chi connectivity index (χ0v) is 26.7. The molecule has 1 unspecified atom stereocenters. The fourth-order valence-corrected chi connectivity index (χ4v) is 6.88. The second-order valence-electron chi connectivity index (χ2n) is 12.3. The average Bonchev–Trinajstić information content (AvgIpc) is 3.68. The highest BCUT2D eigenvalue weighted by Crippen LogP contribution is 2.37. The Labute approximate surface area is 285 Å². The van der Waals surface area contributed by atoms with Crippen LogP contribution in [-0.2, 0) is 0 Å². The molecular weight excluding hydrogens is 597 g/mol. The van der Waals surface area contributed by atoms with E-state index in [-0.39, 0.29) is 6.17 Å². The molecule has 7 aromatic carbocycles. The standard InChI is InChI=1S/C45H32N4/c1-3-10-34(11-4-1)43-47-44(35-12-5-2-6-13-35)49-45(48-43)36-24-22-31(23-25-36)38-27-26-37(40-15-7-8-16-41(38)40)30-18-20-32(21-19-30)39-17-9-14-33-28-29-46-42(33)39/h1-29,43,46H,(H,47,48,49). The van der Waals surface area contributed by atoms with Gasteiger partial charge in [-0.05, 0) is 55.6 Å². The van der Waals surface area contributed by atoms with Gasteiger partial charge in [0, 0.05) is 22.9 Å². The van der Waals surface area contributed by atoms with Crippen LogP contribution in [0.4, 0.5) is 0 Å². The van der Waals surface area contributed by atoms with Crippen molar-refractivity contribution in [2.75, 3.05) is 0 Å². The van der Waals surface area contributed by atoms with Gasteiger partial charge in [0.2, 0.25) is 0 Å². The fraction of sp³-hybridized carbons (Fsp3) is 0.0222. The maximum Gasteiger partial charge on any atom is 0.159 e. The molecule has 232 valence electrons. The van der Waals surface area contributed by atoms with E-state index >= 15 is 0 Å². The number of aliphatic imine (C=N–C) groups is 2. The maximum absolute atomic E-state index is 5.05. The van der Waals surface area contributed by atoms with Crippen LogP contribution in [0.25, 0.3) is 55.1 Å². The van der Waals surface area contributed by atoms with Gasteiger partial charge in [0.05, 0.1) is 5.52 Å². The normalized spacial score (nSPS) is 14.3. The van der Waals surface area contributed by atoms with Crippen molar-refractivity contribution in [1.82, 2.24) is 10.3 Å². The molecular formula is C45H32N4. The van der Waals surface area contributed by atoms with E-state index in [0.717, 1.165) is 28.1 Å². The van der Waals surface area contributed by atoms with Crippen molar-refractivity contribution in [2.24, 2.45) is 9.98 Å². The quantitative estimate of drug-likeness (QED) is 0.189. The number of H-pyrrole nitrogens is 1. The number of aromatic nitrogens is 1. The number of nitrogens with zero attached hydrogens (tertiary/aromatic N) is 2. The molecule has 0 bridgehead atoms. The van der Waals surface area contributed by atoms with Crippen molar-refractivity contribution >= 4 is 33.3 Å². The Bertz CT molecular complexity index is 2490. The molecule has 4 heteroatoms. The van der Waals surface area contributed by atoms with E-state index < -0.39 is 0 Å². The van der Waals surface area contributed by atoms with Gasteiger partial charge < -0.3 is 10.3 Å². The first-order valence-electron chi connectivity index (χ1n) is 16.6. The lowest BCUT2D eigenvalue weighted by Gasteiger charge is -2.23. The van der Waals surface area contributed by atoms with E-state index in [9.17, 15) is 0 Å². The van der Waals surface area contributed by atoms with E-state index in [1.54, 1.807) is 0 Å². The van der Waals surface area contributed by atoms with Crippen LogP contribution in [0.3, 0.4) is 0 Å². The Morgan fingerprint density at radius 1 is 0.429 bits per heavy atom. The molecule has 2 N–H and O–H groups in total. The number of benzene rings is 7. The highest BCUT2D eigenvalue weighted by atomic mass is 15.2. The lowest BCUT2D eigenvalue weighted by Crippen LogP contribution is -2.33. The van der Waals surface area contributed by atoms with Gasteiger partial charge in [0.15, 0.2) is 5.84 Å². The summed E-state index contributed by atoms with van der Waals surface area (Å²) in [5, 5.41) is 7.22. The van der Waals surface area contributed by atoms with E-state index in [1.165, 1.54) is 49.5 Å². The molecule has 9 rings (SSSR count). The minimum atomic E-state index is -0.226. The summed E-state index contributed by atoms with van der Waals surface area (Å²) in [5.74, 6) is 1.54. The Morgan fingerprint density at radius 2 is 1.00 bits per heavy atom. The molecule has 1 aromatic heterocycles. The second kappa shape index (κ2) is 12.3. The number of aromatic amines is 1. The number of hydrogen-bond donors (Lipinski definition) is 2. The van der Waals surface area contributed by atoms with Crippen LogP contribution in [0.1, 0.15) is 22.9 Å². The molecule has 1 aliphatic rings. The molecule has 2 heterocycles. The monoisotopic (exact) mass is 628 g/mol. The maximum atomic E-state index is 5.05. The zero-order chi connectivity index (χ0) is 32.6. The largest absolute Gasteiger partial charge is 0.361 e. The average molecular weight is 629 g/mol. The summed E-state index contributed by atoms with van der Waals surface area (Å²) < 4.78 is 0. The molecule has 0 aliphatic carbocycles. The first-order chi connectivity index (χ1) is 24.3. The number of fused-ring (bicyclic) bond motifs is 2. The SMILES string of the molecule is c1ccc(C2=NC(c3ccc(-c4ccc(-c5ccc(-c6cccc7cc[nH]c67)cc5)c5ccccc45)cc3)=NC(c3ccccc3)N2)cc1. The van der Waals surface area contributed by atoms with E-state index in [0.29, 0.717) is 5.84 Å². The fourth-order valence-electron chi connectivity index (χ4n) is 6.88. The molecule has 0 saturated carbocycles. The summed E-state index contributed by atoms with van der Waals surface area (Å²) in [7, 11) is 0. The van der Waals surface area contributed by atoms with Crippen molar-refractivity contribution in [3.8, 4) is 33.4 Å². The third kappa shape index (κ3) is 5.39. The molecule has 0 amide bonds. The van der Waals surface area contributed by atoms with Gasteiger partial charge in [-0.1, -0.05) is 164 Å². The van der Waals surface area contributed by atoms with Crippen LogP contribution in [0.15, 0.2) is 186 Å². The number of para-hydroxylation sites is 1. The van der Waals surface area contributed by atoms with Crippen molar-refractivity contribution in [3.05, 3.63) is 193 Å². The number of hydrogen-bond acceptors (Lipinski definition) is 3. The van der Waals surface area contributed by atoms with Gasteiger partial charge in [-0.25, -0.2) is 9.98 Å². The predicted molar refractivity (Wildman–Crippen MR) is 204 cm³/mol. The Hall–Kier alpha value is -6.52. The number of amidine groups is 2. The predicted octanol–water partition coefficient (Wildman–Crippen LogP) is 10.8. The van der Waals surface area contributed by atoms with Crippen LogP contribution in [0.5, 0.6) is 0 Å². The van der Waals surface area contributed by atoms with Gasteiger partial charge in [-0.15, -0.1) is 0 Å². The summed E-state index contributed by atoms with van der Waals surface area (Å²) in [5.41, 5.74) is 11.5. The first-order valence-corrected chi connectivity index (χ1v) is 16.6. The number of rotatable bonds is 6. The lowest BCUT2D eigenvalue weighted by molar-refractivity contribution is 0.674. The third-order valence-electron chi connectivity index (χ3n) is 9.38.